The van der Waals surface area contributed by atoms with Gasteiger partial charge in [-0.25, -0.2) is 4.98 Å². The second-order valence-electron chi connectivity index (χ2n) is 3.98. The number of fused-ring (bicyclic) bond motifs is 3. The molecule has 4 nitrogen and oxygen atoms in total. The summed E-state index contributed by atoms with van der Waals surface area (Å²) in [5.41, 5.74) is 2.57. The van der Waals surface area contributed by atoms with Crippen LogP contribution in [0.5, 0.6) is 0 Å². The highest BCUT2D eigenvalue weighted by Gasteiger charge is 2.08. The van der Waals surface area contributed by atoms with Crippen LogP contribution in [0.15, 0.2) is 35.4 Å². The molecule has 0 saturated heterocycles. The summed E-state index contributed by atoms with van der Waals surface area (Å²) in [6, 6.07) is 5.70. The minimum absolute atomic E-state index is 0.00241. The van der Waals surface area contributed by atoms with Gasteiger partial charge in [-0.3, -0.25) is 13.8 Å². The lowest BCUT2D eigenvalue weighted by molar-refractivity contribution is 0.877. The van der Waals surface area contributed by atoms with Crippen molar-refractivity contribution in [3.05, 3.63) is 46.5 Å². The van der Waals surface area contributed by atoms with Gasteiger partial charge in [-0.05, 0) is 30.7 Å². The van der Waals surface area contributed by atoms with Crippen molar-refractivity contribution >= 4 is 16.7 Å². The van der Waals surface area contributed by atoms with Crippen LogP contribution in [0.1, 0.15) is 5.56 Å². The van der Waals surface area contributed by atoms with Crippen molar-refractivity contribution < 1.29 is 0 Å². The Hall–Kier alpha value is -2.10. The molecule has 0 aliphatic rings. The van der Waals surface area contributed by atoms with E-state index < -0.39 is 0 Å². The third kappa shape index (κ3) is 1.04. The largest absolute Gasteiger partial charge is 0.297 e. The van der Waals surface area contributed by atoms with E-state index in [0.29, 0.717) is 11.0 Å². The number of aromatic nitrogens is 3. The molecule has 0 aliphatic carbocycles. The molecule has 0 N–H and O–H groups in total. The van der Waals surface area contributed by atoms with E-state index in [1.54, 1.807) is 17.8 Å². The number of nitrogens with zero attached hydrogens (tertiary/aromatic N) is 3. The lowest BCUT2D eigenvalue weighted by Crippen LogP contribution is -2.19. The first kappa shape index (κ1) is 9.15. The molecule has 0 spiro atoms. The highest BCUT2D eigenvalue weighted by molar-refractivity contribution is 5.77. The van der Waals surface area contributed by atoms with E-state index in [9.17, 15) is 4.79 Å². The summed E-state index contributed by atoms with van der Waals surface area (Å²) >= 11 is 0. The predicted octanol–water partition coefficient (Wildman–Crippen LogP) is 1.49. The van der Waals surface area contributed by atoms with E-state index in [-0.39, 0.29) is 5.56 Å². The Kier molecular flexibility index (Phi) is 1.68. The standard InChI is InChI=1S/C12H11N3O/c1-8-6-9-11(13-7-8)15-5-3-4-10(15)14(2)12(9)16/h3-7H,1-2H3. The van der Waals surface area contributed by atoms with Crippen LogP contribution >= 0.6 is 0 Å². The van der Waals surface area contributed by atoms with Gasteiger partial charge in [0.1, 0.15) is 5.65 Å². The van der Waals surface area contributed by atoms with E-state index in [4.69, 9.17) is 0 Å². The molecular formula is C12H11N3O. The first-order valence-electron chi connectivity index (χ1n) is 5.11. The van der Waals surface area contributed by atoms with Gasteiger partial charge in [0, 0.05) is 19.4 Å². The summed E-state index contributed by atoms with van der Waals surface area (Å²) in [6.45, 7) is 1.94. The Bertz CT molecular complexity index is 752. The van der Waals surface area contributed by atoms with Gasteiger partial charge in [-0.15, -0.1) is 0 Å². The highest BCUT2D eigenvalue weighted by atomic mass is 16.1. The lowest BCUT2D eigenvalue weighted by atomic mass is 10.2. The fraction of sp³-hybridized carbons (Fsp3) is 0.167. The number of hydrogen-bond acceptors (Lipinski definition) is 2. The van der Waals surface area contributed by atoms with Crippen LogP contribution in [0.3, 0.4) is 0 Å². The summed E-state index contributed by atoms with van der Waals surface area (Å²) in [6.07, 6.45) is 3.70. The molecular weight excluding hydrogens is 202 g/mol. The van der Waals surface area contributed by atoms with Crippen molar-refractivity contribution in [1.82, 2.24) is 14.0 Å². The molecule has 0 atom stereocenters. The van der Waals surface area contributed by atoms with Crippen LogP contribution in [0, 0.1) is 6.92 Å². The van der Waals surface area contributed by atoms with Crippen LogP contribution < -0.4 is 5.56 Å². The molecule has 0 aliphatic heterocycles. The minimum atomic E-state index is -0.00241. The van der Waals surface area contributed by atoms with Crippen molar-refractivity contribution in [2.75, 3.05) is 0 Å². The molecule has 4 heteroatoms. The van der Waals surface area contributed by atoms with Gasteiger partial charge in [0.05, 0.1) is 5.39 Å². The van der Waals surface area contributed by atoms with Gasteiger partial charge in [0.25, 0.3) is 5.56 Å². The minimum Gasteiger partial charge on any atom is -0.297 e. The molecule has 0 amide bonds. The molecule has 0 bridgehead atoms. The number of rotatable bonds is 0. The van der Waals surface area contributed by atoms with Crippen LogP contribution in [0.25, 0.3) is 16.7 Å². The molecule has 3 aromatic heterocycles. The van der Waals surface area contributed by atoms with E-state index in [1.807, 2.05) is 35.7 Å². The number of aryl methyl sites for hydroxylation is 2. The van der Waals surface area contributed by atoms with E-state index in [1.165, 1.54) is 0 Å². The van der Waals surface area contributed by atoms with Gasteiger partial charge < -0.3 is 0 Å². The van der Waals surface area contributed by atoms with Gasteiger partial charge in [-0.1, -0.05) is 0 Å². The lowest BCUT2D eigenvalue weighted by Gasteiger charge is -2.06. The Labute approximate surface area is 91.8 Å². The fourth-order valence-corrected chi connectivity index (χ4v) is 2.02. The number of hydrogen-bond donors (Lipinski definition) is 0. The first-order valence-corrected chi connectivity index (χ1v) is 5.11. The maximum absolute atomic E-state index is 12.1. The van der Waals surface area contributed by atoms with Gasteiger partial charge in [0.2, 0.25) is 0 Å². The zero-order valence-corrected chi connectivity index (χ0v) is 9.14. The molecule has 3 aromatic rings. The topological polar surface area (TPSA) is 39.3 Å². The average molecular weight is 213 g/mol. The Morgan fingerprint density at radius 2 is 2.19 bits per heavy atom. The van der Waals surface area contributed by atoms with E-state index in [2.05, 4.69) is 4.98 Å². The summed E-state index contributed by atoms with van der Waals surface area (Å²) in [5, 5.41) is 0.659. The molecule has 3 heterocycles. The smallest absolute Gasteiger partial charge is 0.262 e. The van der Waals surface area contributed by atoms with Gasteiger partial charge in [0.15, 0.2) is 5.65 Å². The zero-order valence-electron chi connectivity index (χ0n) is 9.14. The third-order valence-electron chi connectivity index (χ3n) is 2.84. The molecule has 80 valence electrons. The zero-order chi connectivity index (χ0) is 11.3. The molecule has 0 fully saturated rings. The fourth-order valence-electron chi connectivity index (χ4n) is 2.02. The van der Waals surface area contributed by atoms with Crippen LogP contribution in [0.4, 0.5) is 0 Å². The molecule has 0 unspecified atom stereocenters. The van der Waals surface area contributed by atoms with E-state index in [0.717, 1.165) is 11.2 Å². The monoisotopic (exact) mass is 213 g/mol. The maximum atomic E-state index is 12.1. The molecule has 16 heavy (non-hydrogen) atoms. The summed E-state index contributed by atoms with van der Waals surface area (Å²) in [5.74, 6) is 0. The molecule has 0 radical (unpaired) electrons. The van der Waals surface area contributed by atoms with Crippen molar-refractivity contribution in [3.63, 3.8) is 0 Å². The summed E-state index contributed by atoms with van der Waals surface area (Å²) in [4.78, 5) is 16.4. The first-order chi connectivity index (χ1) is 7.68. The molecule has 0 saturated carbocycles. The second-order valence-corrected chi connectivity index (χ2v) is 3.98. The normalized spacial score (nSPS) is 11.4. The highest BCUT2D eigenvalue weighted by Crippen LogP contribution is 2.12. The predicted molar refractivity (Wildman–Crippen MR) is 62.7 cm³/mol. The summed E-state index contributed by atoms with van der Waals surface area (Å²) < 4.78 is 3.57. The summed E-state index contributed by atoms with van der Waals surface area (Å²) in [7, 11) is 1.78. The second kappa shape index (κ2) is 2.95. The van der Waals surface area contributed by atoms with Crippen LogP contribution in [-0.4, -0.2) is 14.0 Å². The molecule has 3 rings (SSSR count). The van der Waals surface area contributed by atoms with Gasteiger partial charge in [-0.2, -0.15) is 0 Å². The van der Waals surface area contributed by atoms with Crippen LogP contribution in [0.2, 0.25) is 0 Å². The average Bonchev–Trinajstić information content (AvgIpc) is 2.75. The van der Waals surface area contributed by atoms with Crippen molar-refractivity contribution in [3.8, 4) is 0 Å². The molecule has 0 aromatic carbocycles. The van der Waals surface area contributed by atoms with Crippen molar-refractivity contribution in [2.24, 2.45) is 7.05 Å². The SMILES string of the molecule is Cc1cnc2c(c1)c(=O)n(C)c1cccn21. The van der Waals surface area contributed by atoms with Crippen molar-refractivity contribution in [1.29, 1.82) is 0 Å². The number of pyridine rings is 1. The maximum Gasteiger partial charge on any atom is 0.262 e. The Balaban J connectivity index is 2.71. The Morgan fingerprint density at radius 1 is 1.38 bits per heavy atom. The van der Waals surface area contributed by atoms with Crippen LogP contribution in [-0.2, 0) is 7.05 Å². The van der Waals surface area contributed by atoms with E-state index >= 15 is 0 Å². The Morgan fingerprint density at radius 3 is 3.00 bits per heavy atom. The van der Waals surface area contributed by atoms with Gasteiger partial charge >= 0.3 is 0 Å². The van der Waals surface area contributed by atoms with Crippen molar-refractivity contribution in [2.45, 2.75) is 6.92 Å². The third-order valence-corrected chi connectivity index (χ3v) is 2.84. The quantitative estimate of drug-likeness (QED) is 0.567.